The molecule has 1 fully saturated rings. The van der Waals surface area contributed by atoms with Crippen LogP contribution < -0.4 is 11.1 Å². The number of anilines is 2. The van der Waals surface area contributed by atoms with Crippen LogP contribution in [0, 0.1) is 18.7 Å². The van der Waals surface area contributed by atoms with Gasteiger partial charge in [-0.1, -0.05) is 0 Å². The Morgan fingerprint density at radius 3 is 2.61 bits per heavy atom. The largest absolute Gasteiger partial charge is 0.396 e. The van der Waals surface area contributed by atoms with Crippen molar-refractivity contribution in [2.75, 3.05) is 24.1 Å². The van der Waals surface area contributed by atoms with E-state index in [0.717, 1.165) is 5.56 Å². The number of hydrogen-bond acceptors (Lipinski definition) is 5. The number of aryl methyl sites for hydroxylation is 1. The van der Waals surface area contributed by atoms with E-state index in [1.807, 2.05) is 0 Å². The number of halogens is 2. The molecule has 1 unspecified atom stereocenters. The standard InChI is InChI=1S/C22H22F2N6O/c1-13-10-15(23)4-5-16(13)18-7-6-17(25)19(28-18)29-21(31)30-11-14(12-30)22(2,24)20-26-8-3-9-27-20/h3-10,14H,11-12,25H2,1-2H3,(H,28,29,31). The van der Waals surface area contributed by atoms with E-state index in [9.17, 15) is 9.18 Å². The molecule has 3 N–H and O–H groups in total. The summed E-state index contributed by atoms with van der Waals surface area (Å²) in [6.07, 6.45) is 2.99. The number of aromatic nitrogens is 3. The first-order valence-electron chi connectivity index (χ1n) is 9.81. The number of nitrogens with two attached hydrogens (primary N) is 1. The predicted molar refractivity (Wildman–Crippen MR) is 113 cm³/mol. The maximum absolute atomic E-state index is 15.2. The van der Waals surface area contributed by atoms with Gasteiger partial charge in [0.25, 0.3) is 0 Å². The number of hydrogen-bond donors (Lipinski definition) is 2. The molecule has 0 bridgehead atoms. The van der Waals surface area contributed by atoms with Crippen molar-refractivity contribution < 1.29 is 13.6 Å². The molecule has 31 heavy (non-hydrogen) atoms. The highest BCUT2D eigenvalue weighted by Crippen LogP contribution is 2.37. The zero-order valence-corrected chi connectivity index (χ0v) is 17.1. The van der Waals surface area contributed by atoms with Gasteiger partial charge in [0, 0.05) is 37.0 Å². The summed E-state index contributed by atoms with van der Waals surface area (Å²) in [6.45, 7) is 3.64. The van der Waals surface area contributed by atoms with Crippen molar-refractivity contribution in [1.29, 1.82) is 0 Å². The molecule has 2 aromatic heterocycles. The molecule has 1 saturated heterocycles. The molecule has 1 aromatic carbocycles. The van der Waals surface area contributed by atoms with E-state index in [-0.39, 0.29) is 30.5 Å². The van der Waals surface area contributed by atoms with Gasteiger partial charge in [-0.3, -0.25) is 5.32 Å². The van der Waals surface area contributed by atoms with Crippen molar-refractivity contribution in [1.82, 2.24) is 19.9 Å². The fourth-order valence-electron chi connectivity index (χ4n) is 3.54. The topological polar surface area (TPSA) is 97.0 Å². The van der Waals surface area contributed by atoms with Gasteiger partial charge in [-0.25, -0.2) is 28.5 Å². The molecule has 3 aromatic rings. The van der Waals surface area contributed by atoms with Crippen molar-refractivity contribution >= 4 is 17.5 Å². The molecule has 7 nitrogen and oxygen atoms in total. The molecule has 0 spiro atoms. The summed E-state index contributed by atoms with van der Waals surface area (Å²) in [7, 11) is 0. The number of carbonyl (C=O) groups is 1. The number of nitrogens with one attached hydrogen (secondary N) is 1. The summed E-state index contributed by atoms with van der Waals surface area (Å²) in [5, 5.41) is 2.69. The van der Waals surface area contributed by atoms with Crippen LogP contribution in [0.3, 0.4) is 0 Å². The van der Waals surface area contributed by atoms with Gasteiger partial charge in [-0.2, -0.15) is 0 Å². The fourth-order valence-corrected chi connectivity index (χ4v) is 3.54. The number of nitrogens with zero attached hydrogens (tertiary/aromatic N) is 4. The lowest BCUT2D eigenvalue weighted by atomic mass is 9.84. The first kappa shape index (κ1) is 20.6. The number of urea groups is 1. The second-order valence-electron chi connectivity index (χ2n) is 7.77. The molecule has 2 amide bonds. The number of rotatable bonds is 4. The van der Waals surface area contributed by atoms with Crippen LogP contribution >= 0.6 is 0 Å². The van der Waals surface area contributed by atoms with Crippen LogP contribution in [0.5, 0.6) is 0 Å². The lowest BCUT2D eigenvalue weighted by Gasteiger charge is -2.44. The third-order valence-corrected chi connectivity index (χ3v) is 5.55. The molecule has 9 heteroatoms. The molecule has 0 aliphatic carbocycles. The summed E-state index contributed by atoms with van der Waals surface area (Å²) in [6, 6.07) is 8.93. The van der Waals surface area contributed by atoms with Gasteiger partial charge < -0.3 is 10.6 Å². The maximum Gasteiger partial charge on any atom is 0.323 e. The van der Waals surface area contributed by atoms with E-state index in [0.29, 0.717) is 16.9 Å². The number of likely N-dealkylation sites (tertiary alicyclic amines) is 1. The minimum Gasteiger partial charge on any atom is -0.396 e. The molecule has 3 heterocycles. The van der Waals surface area contributed by atoms with Crippen LogP contribution in [0.25, 0.3) is 11.3 Å². The Balaban J connectivity index is 1.45. The van der Waals surface area contributed by atoms with E-state index in [1.165, 1.54) is 36.4 Å². The summed E-state index contributed by atoms with van der Waals surface area (Å²) < 4.78 is 28.6. The van der Waals surface area contributed by atoms with Crippen molar-refractivity contribution in [3.63, 3.8) is 0 Å². The Labute approximate surface area is 178 Å². The summed E-state index contributed by atoms with van der Waals surface area (Å²) in [5.41, 5.74) is 6.53. The number of carbonyl (C=O) groups excluding carboxylic acids is 1. The van der Waals surface area contributed by atoms with Crippen molar-refractivity contribution in [3.8, 4) is 11.3 Å². The molecule has 0 radical (unpaired) electrons. The average molecular weight is 424 g/mol. The van der Waals surface area contributed by atoms with E-state index in [1.54, 1.807) is 31.2 Å². The van der Waals surface area contributed by atoms with Crippen LogP contribution in [0.1, 0.15) is 18.3 Å². The highest BCUT2D eigenvalue weighted by atomic mass is 19.1. The first-order chi connectivity index (χ1) is 14.8. The van der Waals surface area contributed by atoms with E-state index in [2.05, 4.69) is 20.3 Å². The van der Waals surface area contributed by atoms with Crippen LogP contribution in [-0.2, 0) is 5.67 Å². The minimum atomic E-state index is -1.74. The maximum atomic E-state index is 15.2. The van der Waals surface area contributed by atoms with E-state index in [4.69, 9.17) is 5.73 Å². The van der Waals surface area contributed by atoms with Crippen LogP contribution in [-0.4, -0.2) is 39.0 Å². The average Bonchev–Trinajstić information content (AvgIpc) is 2.69. The first-order valence-corrected chi connectivity index (χ1v) is 9.81. The SMILES string of the molecule is Cc1cc(F)ccc1-c1ccc(N)c(NC(=O)N2CC(C(C)(F)c3ncccn3)C2)n1. The molecule has 4 rings (SSSR count). The summed E-state index contributed by atoms with van der Waals surface area (Å²) in [4.78, 5) is 26.5. The number of alkyl halides is 1. The van der Waals surface area contributed by atoms with Crippen LogP contribution in [0.2, 0.25) is 0 Å². The Morgan fingerprint density at radius 1 is 1.23 bits per heavy atom. The van der Waals surface area contributed by atoms with Gasteiger partial charge >= 0.3 is 6.03 Å². The van der Waals surface area contributed by atoms with Gasteiger partial charge in [0.1, 0.15) is 5.82 Å². The van der Waals surface area contributed by atoms with Gasteiger partial charge in [-0.15, -0.1) is 0 Å². The Hall–Kier alpha value is -3.62. The minimum absolute atomic E-state index is 0.105. The lowest BCUT2D eigenvalue weighted by molar-refractivity contribution is -0.00342. The van der Waals surface area contributed by atoms with Gasteiger partial charge in [0.2, 0.25) is 0 Å². The van der Waals surface area contributed by atoms with Crippen molar-refractivity contribution in [2.45, 2.75) is 19.5 Å². The molecular formula is C22H22F2N6O. The second-order valence-corrected chi connectivity index (χ2v) is 7.77. The van der Waals surface area contributed by atoms with Gasteiger partial charge in [0.05, 0.1) is 11.4 Å². The van der Waals surface area contributed by atoms with Crippen LogP contribution in [0.15, 0.2) is 48.8 Å². The Bertz CT molecular complexity index is 1120. The molecular weight excluding hydrogens is 402 g/mol. The fraction of sp³-hybridized carbons (Fsp3) is 0.273. The molecule has 160 valence electrons. The highest BCUT2D eigenvalue weighted by molar-refractivity contribution is 5.92. The monoisotopic (exact) mass is 424 g/mol. The quantitative estimate of drug-likeness (QED) is 0.662. The third kappa shape index (κ3) is 4.03. The summed E-state index contributed by atoms with van der Waals surface area (Å²) >= 11 is 0. The number of nitrogen functional groups attached to an aromatic ring is 1. The Morgan fingerprint density at radius 2 is 1.94 bits per heavy atom. The zero-order chi connectivity index (χ0) is 22.2. The Kier molecular flexibility index (Phi) is 5.26. The van der Waals surface area contributed by atoms with Crippen molar-refractivity contribution in [2.24, 2.45) is 5.92 Å². The second kappa shape index (κ2) is 7.90. The molecule has 0 saturated carbocycles. The van der Waals surface area contributed by atoms with Crippen molar-refractivity contribution in [3.05, 3.63) is 66.0 Å². The smallest absolute Gasteiger partial charge is 0.323 e. The van der Waals surface area contributed by atoms with Crippen LogP contribution in [0.4, 0.5) is 25.1 Å². The number of pyridine rings is 1. The number of benzene rings is 1. The van der Waals surface area contributed by atoms with E-state index < -0.39 is 17.6 Å². The predicted octanol–water partition coefficient (Wildman–Crippen LogP) is 3.92. The lowest BCUT2D eigenvalue weighted by Crippen LogP contribution is -2.57. The summed E-state index contributed by atoms with van der Waals surface area (Å²) in [5.74, 6) is -0.449. The molecule has 1 aliphatic rings. The third-order valence-electron chi connectivity index (χ3n) is 5.55. The molecule has 1 atom stereocenters. The zero-order valence-electron chi connectivity index (χ0n) is 17.1. The number of amides is 2. The molecule has 1 aliphatic heterocycles. The van der Waals surface area contributed by atoms with Gasteiger partial charge in [-0.05, 0) is 55.8 Å². The van der Waals surface area contributed by atoms with E-state index >= 15 is 4.39 Å². The van der Waals surface area contributed by atoms with Gasteiger partial charge in [0.15, 0.2) is 17.3 Å². The normalized spacial score (nSPS) is 15.8. The highest BCUT2D eigenvalue weighted by Gasteiger charge is 2.47.